The van der Waals surface area contributed by atoms with Gasteiger partial charge in [0.15, 0.2) is 0 Å². The van der Waals surface area contributed by atoms with Crippen LogP contribution in [0.3, 0.4) is 0 Å². The number of para-hydroxylation sites is 1. The predicted octanol–water partition coefficient (Wildman–Crippen LogP) is 3.28. The molecule has 0 atom stereocenters. The maximum atomic E-state index is 5.90. The fourth-order valence-electron chi connectivity index (χ4n) is 2.47. The van der Waals surface area contributed by atoms with Crippen LogP contribution >= 0.6 is 0 Å². The van der Waals surface area contributed by atoms with Gasteiger partial charge in [-0.05, 0) is 37.2 Å². The normalized spacial score (nSPS) is 15.7. The lowest BCUT2D eigenvalue weighted by atomic mass is 10.2. The minimum absolute atomic E-state index is 0.877. The Hall–Kier alpha value is -2.00. The third-order valence-corrected chi connectivity index (χ3v) is 3.50. The third kappa shape index (κ3) is 3.31. The van der Waals surface area contributed by atoms with Crippen LogP contribution in [0.1, 0.15) is 6.42 Å². The summed E-state index contributed by atoms with van der Waals surface area (Å²) in [7, 11) is 0. The summed E-state index contributed by atoms with van der Waals surface area (Å²) < 4.78 is 5.90. The molecule has 0 aliphatic carbocycles. The Morgan fingerprint density at radius 3 is 2.60 bits per heavy atom. The first-order valence-electron chi connectivity index (χ1n) is 7.20. The topological polar surface area (TPSA) is 24.5 Å². The molecule has 1 N–H and O–H groups in total. The van der Waals surface area contributed by atoms with Gasteiger partial charge in [0.25, 0.3) is 0 Å². The molecule has 2 aromatic rings. The largest absolute Gasteiger partial charge is 0.457 e. The number of ether oxygens (including phenoxy) is 1. The van der Waals surface area contributed by atoms with Gasteiger partial charge in [0.1, 0.15) is 11.5 Å². The van der Waals surface area contributed by atoms with E-state index < -0.39 is 0 Å². The molecule has 1 aliphatic rings. The zero-order valence-corrected chi connectivity index (χ0v) is 11.6. The van der Waals surface area contributed by atoms with Gasteiger partial charge in [-0.2, -0.15) is 0 Å². The molecular weight excluding hydrogens is 248 g/mol. The summed E-state index contributed by atoms with van der Waals surface area (Å²) >= 11 is 0. The lowest BCUT2D eigenvalue weighted by Gasteiger charge is -2.22. The third-order valence-electron chi connectivity index (χ3n) is 3.50. The summed E-state index contributed by atoms with van der Waals surface area (Å²) in [4.78, 5) is 2.41. The highest BCUT2D eigenvalue weighted by Gasteiger charge is 2.10. The van der Waals surface area contributed by atoms with Crippen molar-refractivity contribution in [2.75, 3.05) is 31.1 Å². The van der Waals surface area contributed by atoms with E-state index in [1.807, 2.05) is 36.4 Å². The first-order valence-corrected chi connectivity index (χ1v) is 7.20. The van der Waals surface area contributed by atoms with E-state index in [9.17, 15) is 0 Å². The van der Waals surface area contributed by atoms with Crippen molar-refractivity contribution < 1.29 is 4.74 Å². The van der Waals surface area contributed by atoms with Crippen molar-refractivity contribution in [1.29, 1.82) is 0 Å². The number of benzene rings is 2. The van der Waals surface area contributed by atoms with Crippen molar-refractivity contribution in [1.82, 2.24) is 5.32 Å². The van der Waals surface area contributed by atoms with Gasteiger partial charge in [-0.15, -0.1) is 0 Å². The van der Waals surface area contributed by atoms with Crippen LogP contribution < -0.4 is 15.0 Å². The summed E-state index contributed by atoms with van der Waals surface area (Å²) in [6, 6.07) is 18.3. The quantitative estimate of drug-likeness (QED) is 0.924. The molecule has 0 unspecified atom stereocenters. The van der Waals surface area contributed by atoms with Gasteiger partial charge in [0.2, 0.25) is 0 Å². The number of hydrogen-bond acceptors (Lipinski definition) is 3. The van der Waals surface area contributed by atoms with E-state index in [0.29, 0.717) is 0 Å². The van der Waals surface area contributed by atoms with Crippen LogP contribution in [0.15, 0.2) is 54.6 Å². The average Bonchev–Trinajstić information content (AvgIpc) is 2.78. The lowest BCUT2D eigenvalue weighted by Crippen LogP contribution is -2.27. The molecule has 0 radical (unpaired) electrons. The highest BCUT2D eigenvalue weighted by molar-refractivity contribution is 5.51. The van der Waals surface area contributed by atoms with E-state index in [1.54, 1.807) is 0 Å². The van der Waals surface area contributed by atoms with E-state index >= 15 is 0 Å². The minimum atomic E-state index is 0.877. The van der Waals surface area contributed by atoms with Gasteiger partial charge in [-0.3, -0.25) is 0 Å². The molecule has 104 valence electrons. The second kappa shape index (κ2) is 6.44. The van der Waals surface area contributed by atoms with Crippen LogP contribution in [-0.4, -0.2) is 26.2 Å². The SMILES string of the molecule is c1ccc(Oc2cccc(N3CCCNCC3)c2)cc1. The van der Waals surface area contributed by atoms with Crippen LogP contribution in [0.25, 0.3) is 0 Å². The Morgan fingerprint density at radius 2 is 1.70 bits per heavy atom. The van der Waals surface area contributed by atoms with Gasteiger partial charge in [-0.25, -0.2) is 0 Å². The lowest BCUT2D eigenvalue weighted by molar-refractivity contribution is 0.482. The average molecular weight is 268 g/mol. The summed E-state index contributed by atoms with van der Waals surface area (Å²) in [5.41, 5.74) is 1.24. The minimum Gasteiger partial charge on any atom is -0.457 e. The van der Waals surface area contributed by atoms with Gasteiger partial charge in [0.05, 0.1) is 0 Å². The maximum Gasteiger partial charge on any atom is 0.129 e. The second-order valence-corrected chi connectivity index (χ2v) is 5.00. The molecule has 1 saturated heterocycles. The van der Waals surface area contributed by atoms with Crippen LogP contribution in [-0.2, 0) is 0 Å². The summed E-state index contributed by atoms with van der Waals surface area (Å²) in [6.45, 7) is 4.30. The Labute approximate surface area is 120 Å². The van der Waals surface area contributed by atoms with Crippen LogP contribution in [0.4, 0.5) is 5.69 Å². The summed E-state index contributed by atoms with van der Waals surface area (Å²) in [5.74, 6) is 1.77. The highest BCUT2D eigenvalue weighted by Crippen LogP contribution is 2.26. The first kappa shape index (κ1) is 13.0. The molecule has 0 amide bonds. The highest BCUT2D eigenvalue weighted by atomic mass is 16.5. The standard InChI is InChI=1S/C17H20N2O/c1-2-7-16(8-3-1)20-17-9-4-6-15(14-17)19-12-5-10-18-11-13-19/h1-4,6-9,14,18H,5,10-13H2. The molecule has 2 aromatic carbocycles. The van der Waals surface area contributed by atoms with E-state index in [2.05, 4.69) is 28.4 Å². The number of anilines is 1. The maximum absolute atomic E-state index is 5.90. The second-order valence-electron chi connectivity index (χ2n) is 5.00. The molecule has 0 bridgehead atoms. The van der Waals surface area contributed by atoms with Gasteiger partial charge < -0.3 is 15.0 Å². The van der Waals surface area contributed by atoms with Gasteiger partial charge in [-0.1, -0.05) is 24.3 Å². The zero-order valence-electron chi connectivity index (χ0n) is 11.6. The Morgan fingerprint density at radius 1 is 0.850 bits per heavy atom. The van der Waals surface area contributed by atoms with Crippen molar-refractivity contribution in [2.45, 2.75) is 6.42 Å². The molecule has 0 aromatic heterocycles. The summed E-state index contributed by atoms with van der Waals surface area (Å²) in [5, 5.41) is 3.43. The smallest absolute Gasteiger partial charge is 0.129 e. The predicted molar refractivity (Wildman–Crippen MR) is 82.7 cm³/mol. The fraction of sp³-hybridized carbons (Fsp3) is 0.294. The zero-order chi connectivity index (χ0) is 13.6. The monoisotopic (exact) mass is 268 g/mol. The van der Waals surface area contributed by atoms with Crippen molar-refractivity contribution in [3.05, 3.63) is 54.6 Å². The molecule has 3 rings (SSSR count). The molecule has 1 aliphatic heterocycles. The van der Waals surface area contributed by atoms with Gasteiger partial charge >= 0.3 is 0 Å². The van der Waals surface area contributed by atoms with Gasteiger partial charge in [0, 0.05) is 31.4 Å². The molecule has 0 spiro atoms. The first-order chi connectivity index (χ1) is 9.92. The molecular formula is C17H20N2O. The molecule has 20 heavy (non-hydrogen) atoms. The fourth-order valence-corrected chi connectivity index (χ4v) is 2.47. The van der Waals surface area contributed by atoms with E-state index in [1.165, 1.54) is 12.1 Å². The van der Waals surface area contributed by atoms with Crippen molar-refractivity contribution in [3.8, 4) is 11.5 Å². The van der Waals surface area contributed by atoms with Crippen molar-refractivity contribution >= 4 is 5.69 Å². The van der Waals surface area contributed by atoms with Crippen LogP contribution in [0, 0.1) is 0 Å². The van der Waals surface area contributed by atoms with E-state index in [0.717, 1.165) is 37.7 Å². The number of hydrogen-bond donors (Lipinski definition) is 1. The summed E-state index contributed by atoms with van der Waals surface area (Å²) in [6.07, 6.45) is 1.18. The van der Waals surface area contributed by atoms with Crippen molar-refractivity contribution in [2.24, 2.45) is 0 Å². The molecule has 0 saturated carbocycles. The Kier molecular flexibility index (Phi) is 4.19. The number of rotatable bonds is 3. The molecule has 1 fully saturated rings. The van der Waals surface area contributed by atoms with E-state index in [-0.39, 0.29) is 0 Å². The number of nitrogens with zero attached hydrogens (tertiary/aromatic N) is 1. The Balaban J connectivity index is 1.75. The molecule has 3 nitrogen and oxygen atoms in total. The van der Waals surface area contributed by atoms with Crippen LogP contribution in [0.5, 0.6) is 11.5 Å². The van der Waals surface area contributed by atoms with Crippen molar-refractivity contribution in [3.63, 3.8) is 0 Å². The van der Waals surface area contributed by atoms with Crippen LogP contribution in [0.2, 0.25) is 0 Å². The number of nitrogens with one attached hydrogen (secondary N) is 1. The van der Waals surface area contributed by atoms with E-state index in [4.69, 9.17) is 4.74 Å². The molecule has 1 heterocycles. The Bertz CT molecular complexity index is 534. The molecule has 3 heteroatoms.